The summed E-state index contributed by atoms with van der Waals surface area (Å²) in [5, 5.41) is 7.48. The average Bonchev–Trinajstić information content (AvgIpc) is 2.34. The number of alkyl halides is 3. The van der Waals surface area contributed by atoms with Gasteiger partial charge in [-0.25, -0.2) is 4.79 Å². The highest BCUT2D eigenvalue weighted by Gasteiger charge is 2.46. The maximum Gasteiger partial charge on any atom is 0.414 e. The molecule has 8 heteroatoms. The second-order valence-electron chi connectivity index (χ2n) is 5.67. The zero-order valence-electron chi connectivity index (χ0n) is 12.4. The number of carbonyl (C=O) groups is 1. The summed E-state index contributed by atoms with van der Waals surface area (Å²) < 4.78 is 48.6. The maximum absolute atomic E-state index is 13.0. The Morgan fingerprint density at radius 1 is 1.38 bits per heavy atom. The summed E-state index contributed by atoms with van der Waals surface area (Å²) in [5.41, 5.74) is -1.12. The Labute approximate surface area is 121 Å². The molecule has 1 atom stereocenters. The lowest BCUT2D eigenvalue weighted by molar-refractivity contribution is -0.167. The van der Waals surface area contributed by atoms with Crippen molar-refractivity contribution in [3.05, 3.63) is 11.8 Å². The Bertz CT molecular complexity index is 453. The SMILES string of the molecule is COC(=N)C1=CN(C(=O)OC(C)(C)C)CCC1C(F)(F)F. The molecule has 0 saturated heterocycles. The number of hydrogen-bond acceptors (Lipinski definition) is 4. The molecule has 1 unspecified atom stereocenters. The van der Waals surface area contributed by atoms with E-state index in [1.165, 1.54) is 0 Å². The van der Waals surface area contributed by atoms with Gasteiger partial charge in [0, 0.05) is 18.3 Å². The van der Waals surface area contributed by atoms with Crippen LogP contribution in [0.1, 0.15) is 27.2 Å². The first-order valence-corrected chi connectivity index (χ1v) is 6.36. The lowest BCUT2D eigenvalue weighted by atomic mass is 9.92. The van der Waals surface area contributed by atoms with Gasteiger partial charge in [0.2, 0.25) is 5.90 Å². The van der Waals surface area contributed by atoms with Crippen LogP contribution in [-0.2, 0) is 9.47 Å². The van der Waals surface area contributed by atoms with Crippen LogP contribution in [0.4, 0.5) is 18.0 Å². The number of ether oxygens (including phenoxy) is 2. The first kappa shape index (κ1) is 17.3. The van der Waals surface area contributed by atoms with Crippen molar-refractivity contribution in [1.29, 1.82) is 5.41 Å². The molecule has 1 rings (SSSR count). The molecule has 0 aliphatic carbocycles. The molecule has 1 aliphatic heterocycles. The molecule has 1 aliphatic rings. The number of amides is 1. The number of nitrogens with zero attached hydrogens (tertiary/aromatic N) is 1. The molecule has 0 radical (unpaired) electrons. The molecule has 0 aromatic rings. The Balaban J connectivity index is 3.03. The summed E-state index contributed by atoms with van der Waals surface area (Å²) >= 11 is 0. The third-order valence-corrected chi connectivity index (χ3v) is 2.82. The maximum atomic E-state index is 13.0. The number of hydrogen-bond donors (Lipinski definition) is 1. The number of carbonyl (C=O) groups excluding carboxylic acids is 1. The van der Waals surface area contributed by atoms with Gasteiger partial charge in [-0.15, -0.1) is 0 Å². The van der Waals surface area contributed by atoms with Crippen molar-refractivity contribution in [3.8, 4) is 0 Å². The molecular weight excluding hydrogens is 289 g/mol. The minimum absolute atomic E-state index is 0.125. The van der Waals surface area contributed by atoms with Gasteiger partial charge in [0.05, 0.1) is 13.0 Å². The summed E-state index contributed by atoms with van der Waals surface area (Å²) in [6, 6.07) is 0. The van der Waals surface area contributed by atoms with Crippen molar-refractivity contribution in [3.63, 3.8) is 0 Å². The summed E-state index contributed by atoms with van der Waals surface area (Å²) in [6.07, 6.45) is -4.58. The lowest BCUT2D eigenvalue weighted by Gasteiger charge is -2.33. The number of methoxy groups -OCH3 is 1. The summed E-state index contributed by atoms with van der Waals surface area (Å²) in [4.78, 5) is 12.9. The minimum Gasteiger partial charge on any atom is -0.481 e. The van der Waals surface area contributed by atoms with Gasteiger partial charge in [0.15, 0.2) is 0 Å². The molecule has 0 aromatic carbocycles. The van der Waals surface area contributed by atoms with Gasteiger partial charge in [-0.1, -0.05) is 0 Å². The van der Waals surface area contributed by atoms with Crippen LogP contribution in [-0.4, -0.2) is 42.3 Å². The van der Waals surface area contributed by atoms with Crippen LogP contribution in [0.3, 0.4) is 0 Å². The highest BCUT2D eigenvalue weighted by atomic mass is 19.4. The van der Waals surface area contributed by atoms with Crippen LogP contribution < -0.4 is 0 Å². The van der Waals surface area contributed by atoms with Crippen LogP contribution in [0.25, 0.3) is 0 Å². The highest BCUT2D eigenvalue weighted by molar-refractivity contribution is 5.92. The topological polar surface area (TPSA) is 62.6 Å². The molecule has 0 spiro atoms. The van der Waals surface area contributed by atoms with E-state index in [1.807, 2.05) is 0 Å². The molecule has 5 nitrogen and oxygen atoms in total. The molecule has 0 bridgehead atoms. The number of halogens is 3. The van der Waals surface area contributed by atoms with E-state index in [0.29, 0.717) is 0 Å². The quantitative estimate of drug-likeness (QED) is 0.597. The van der Waals surface area contributed by atoms with Gasteiger partial charge in [-0.2, -0.15) is 13.2 Å². The van der Waals surface area contributed by atoms with Crippen LogP contribution in [0.15, 0.2) is 11.8 Å². The summed E-state index contributed by atoms with van der Waals surface area (Å²) in [7, 11) is 1.11. The fourth-order valence-electron chi connectivity index (χ4n) is 1.89. The number of nitrogens with one attached hydrogen (secondary N) is 1. The van der Waals surface area contributed by atoms with E-state index >= 15 is 0 Å². The Morgan fingerprint density at radius 3 is 2.38 bits per heavy atom. The van der Waals surface area contributed by atoms with Crippen LogP contribution >= 0.6 is 0 Å². The standard InChI is InChI=1S/C13H19F3N2O3/c1-12(2,3)21-11(19)18-6-5-9(13(14,15)16)8(7-18)10(17)20-4/h7,9,17H,5-6H2,1-4H3. The number of rotatable bonds is 1. The van der Waals surface area contributed by atoms with E-state index in [-0.39, 0.29) is 18.5 Å². The zero-order valence-corrected chi connectivity index (χ0v) is 12.4. The van der Waals surface area contributed by atoms with E-state index in [2.05, 4.69) is 4.74 Å². The van der Waals surface area contributed by atoms with Gasteiger partial charge in [-0.3, -0.25) is 10.3 Å². The third kappa shape index (κ3) is 4.64. The van der Waals surface area contributed by atoms with E-state index in [9.17, 15) is 18.0 Å². The molecule has 120 valence electrons. The van der Waals surface area contributed by atoms with Crippen molar-refractivity contribution in [2.24, 2.45) is 5.92 Å². The van der Waals surface area contributed by atoms with Gasteiger partial charge >= 0.3 is 12.3 Å². The summed E-state index contributed by atoms with van der Waals surface area (Å²) in [6.45, 7) is 4.86. The predicted octanol–water partition coefficient (Wildman–Crippen LogP) is 3.31. The van der Waals surface area contributed by atoms with Crippen molar-refractivity contribution >= 4 is 12.0 Å². The average molecular weight is 308 g/mol. The molecule has 0 aromatic heterocycles. The first-order chi connectivity index (χ1) is 9.45. The second kappa shape index (κ2) is 5.95. The highest BCUT2D eigenvalue weighted by Crippen LogP contribution is 2.37. The molecule has 0 fully saturated rings. The molecule has 21 heavy (non-hydrogen) atoms. The second-order valence-corrected chi connectivity index (χ2v) is 5.67. The Kier molecular flexibility index (Phi) is 4.91. The van der Waals surface area contributed by atoms with E-state index in [0.717, 1.165) is 18.2 Å². The fraction of sp³-hybridized carbons (Fsp3) is 0.692. The van der Waals surface area contributed by atoms with Crippen molar-refractivity contribution in [2.75, 3.05) is 13.7 Å². The van der Waals surface area contributed by atoms with Crippen molar-refractivity contribution in [2.45, 2.75) is 39.0 Å². The Morgan fingerprint density at radius 2 is 1.95 bits per heavy atom. The predicted molar refractivity (Wildman–Crippen MR) is 69.9 cm³/mol. The van der Waals surface area contributed by atoms with Crippen LogP contribution in [0.5, 0.6) is 0 Å². The minimum atomic E-state index is -4.49. The van der Waals surface area contributed by atoms with E-state index in [4.69, 9.17) is 10.1 Å². The van der Waals surface area contributed by atoms with Gasteiger partial charge in [0.25, 0.3) is 0 Å². The van der Waals surface area contributed by atoms with E-state index < -0.39 is 29.7 Å². The smallest absolute Gasteiger partial charge is 0.414 e. The first-order valence-electron chi connectivity index (χ1n) is 6.36. The third-order valence-electron chi connectivity index (χ3n) is 2.82. The summed E-state index contributed by atoms with van der Waals surface area (Å²) in [5.74, 6) is -2.42. The molecule has 1 N–H and O–H groups in total. The van der Waals surface area contributed by atoms with Crippen molar-refractivity contribution in [1.82, 2.24) is 4.90 Å². The van der Waals surface area contributed by atoms with Gasteiger partial charge < -0.3 is 9.47 Å². The molecule has 1 heterocycles. The van der Waals surface area contributed by atoms with Crippen LogP contribution in [0, 0.1) is 11.3 Å². The largest absolute Gasteiger partial charge is 0.481 e. The van der Waals surface area contributed by atoms with Gasteiger partial charge in [-0.05, 0) is 27.2 Å². The zero-order chi connectivity index (χ0) is 16.4. The van der Waals surface area contributed by atoms with E-state index in [1.54, 1.807) is 20.8 Å². The van der Waals surface area contributed by atoms with Crippen molar-refractivity contribution < 1.29 is 27.4 Å². The normalized spacial score (nSPS) is 19.9. The molecular formula is C13H19F3N2O3. The molecule has 1 amide bonds. The molecule has 0 saturated carbocycles. The lowest BCUT2D eigenvalue weighted by Crippen LogP contribution is -2.41. The fourth-order valence-corrected chi connectivity index (χ4v) is 1.89. The Hall–Kier alpha value is -1.73. The van der Waals surface area contributed by atoms with Crippen LogP contribution in [0.2, 0.25) is 0 Å². The monoisotopic (exact) mass is 308 g/mol. The van der Waals surface area contributed by atoms with Gasteiger partial charge in [0.1, 0.15) is 5.60 Å².